The van der Waals surface area contributed by atoms with Crippen LogP contribution in [0, 0.1) is 0 Å². The summed E-state index contributed by atoms with van der Waals surface area (Å²) in [5.74, 6) is -1.26. The second kappa shape index (κ2) is 7.72. The maximum Gasteiger partial charge on any atom is 0.334 e. The first-order valence-corrected chi connectivity index (χ1v) is 6.15. The lowest BCUT2D eigenvalue weighted by atomic mass is 10.2. The van der Waals surface area contributed by atoms with Crippen LogP contribution >= 0.6 is 23.2 Å². The Morgan fingerprint density at radius 2 is 2.05 bits per heavy atom. The molecule has 0 saturated heterocycles. The van der Waals surface area contributed by atoms with E-state index in [2.05, 4.69) is 20.0 Å². The molecular formula is C12H12Cl2N2O4. The molecule has 1 amide bonds. The number of methoxy groups -OCH3 is 1. The smallest absolute Gasteiger partial charge is 0.334 e. The number of nitrogens with one attached hydrogen (secondary N) is 1. The van der Waals surface area contributed by atoms with Crippen molar-refractivity contribution in [3.63, 3.8) is 0 Å². The van der Waals surface area contributed by atoms with Crippen LogP contribution < -0.4 is 5.32 Å². The molecule has 1 N–H and O–H groups in total. The van der Waals surface area contributed by atoms with Crippen LogP contribution in [0.2, 0.25) is 10.0 Å². The van der Waals surface area contributed by atoms with Crippen LogP contribution in [0.3, 0.4) is 0 Å². The summed E-state index contributed by atoms with van der Waals surface area (Å²) in [6.07, 6.45) is 1.10. The molecule has 0 heterocycles. The van der Waals surface area contributed by atoms with Gasteiger partial charge in [0.15, 0.2) is 6.04 Å². The van der Waals surface area contributed by atoms with Crippen LogP contribution in [0.25, 0.3) is 0 Å². The highest BCUT2D eigenvalue weighted by Gasteiger charge is 2.21. The lowest BCUT2D eigenvalue weighted by molar-refractivity contribution is -0.140. The second-order valence-electron chi connectivity index (χ2n) is 3.54. The second-order valence-corrected chi connectivity index (χ2v) is 4.38. The molecule has 1 rings (SSSR count). The zero-order valence-electron chi connectivity index (χ0n) is 10.7. The summed E-state index contributed by atoms with van der Waals surface area (Å²) in [7, 11) is 2.50. The van der Waals surface area contributed by atoms with Gasteiger partial charge in [0.2, 0.25) is 0 Å². The largest absolute Gasteiger partial charge is 0.467 e. The number of hydrogen-bond donors (Lipinski definition) is 1. The molecule has 0 radical (unpaired) electrons. The fraction of sp³-hybridized carbons (Fsp3) is 0.250. The minimum Gasteiger partial charge on any atom is -0.467 e. The molecule has 1 atom stereocenters. The molecule has 0 fully saturated rings. The lowest BCUT2D eigenvalue weighted by Crippen LogP contribution is -2.42. The number of carbonyl (C=O) groups is 2. The summed E-state index contributed by atoms with van der Waals surface area (Å²) in [6.45, 7) is 0. The van der Waals surface area contributed by atoms with Crippen molar-refractivity contribution < 1.29 is 19.2 Å². The van der Waals surface area contributed by atoms with Gasteiger partial charge in [-0.15, -0.1) is 0 Å². The number of nitrogens with zero attached hydrogens (tertiary/aromatic N) is 1. The number of amides is 1. The van der Waals surface area contributed by atoms with E-state index in [4.69, 9.17) is 23.2 Å². The molecule has 6 nitrogen and oxygen atoms in total. The fourth-order valence-electron chi connectivity index (χ4n) is 1.30. The standard InChI is InChI=1S/C12H12Cl2N2O4/c1-19-12(18)10(6-15-20-2)16-11(17)8-4-3-7(13)5-9(8)14/h3-6,10H,1-2H3,(H,16,17)/b15-6-/t10-/m0/s1. The van der Waals surface area contributed by atoms with E-state index in [1.807, 2.05) is 0 Å². The number of rotatable bonds is 5. The first kappa shape index (κ1) is 16.3. The quantitative estimate of drug-likeness (QED) is 0.511. The van der Waals surface area contributed by atoms with Gasteiger partial charge in [-0.1, -0.05) is 28.4 Å². The van der Waals surface area contributed by atoms with Crippen molar-refractivity contribution in [1.82, 2.24) is 5.32 Å². The van der Waals surface area contributed by atoms with Crippen molar-refractivity contribution in [1.29, 1.82) is 0 Å². The van der Waals surface area contributed by atoms with Crippen LogP contribution in [0.5, 0.6) is 0 Å². The third-order valence-electron chi connectivity index (χ3n) is 2.23. The molecule has 0 unspecified atom stereocenters. The summed E-state index contributed by atoms with van der Waals surface area (Å²) < 4.78 is 4.54. The van der Waals surface area contributed by atoms with Gasteiger partial charge in [0, 0.05) is 5.02 Å². The zero-order valence-corrected chi connectivity index (χ0v) is 12.2. The van der Waals surface area contributed by atoms with Gasteiger partial charge in [-0.25, -0.2) is 4.79 Å². The molecular weight excluding hydrogens is 307 g/mol. The fourth-order valence-corrected chi connectivity index (χ4v) is 1.79. The predicted octanol–water partition coefficient (Wildman–Crippen LogP) is 1.90. The van der Waals surface area contributed by atoms with Gasteiger partial charge in [-0.3, -0.25) is 4.79 Å². The lowest BCUT2D eigenvalue weighted by Gasteiger charge is -2.12. The van der Waals surface area contributed by atoms with E-state index in [0.29, 0.717) is 5.02 Å². The monoisotopic (exact) mass is 318 g/mol. The average molecular weight is 319 g/mol. The molecule has 20 heavy (non-hydrogen) atoms. The number of esters is 1. The number of carbonyl (C=O) groups excluding carboxylic acids is 2. The Balaban J connectivity index is 2.90. The SMILES string of the molecule is CO/N=C\[C@H](NC(=O)c1ccc(Cl)cc1Cl)C(=O)OC. The minimum absolute atomic E-state index is 0.169. The molecule has 108 valence electrons. The first-order chi connectivity index (χ1) is 9.49. The summed E-state index contributed by atoms with van der Waals surface area (Å²) in [5.41, 5.74) is 0.177. The number of ether oxygens (including phenoxy) is 1. The van der Waals surface area contributed by atoms with Crippen LogP contribution in [-0.2, 0) is 14.4 Å². The molecule has 0 aliphatic rings. The van der Waals surface area contributed by atoms with E-state index in [1.54, 1.807) is 0 Å². The normalized spacial score (nSPS) is 12.0. The highest BCUT2D eigenvalue weighted by Crippen LogP contribution is 2.20. The molecule has 1 aromatic carbocycles. The molecule has 0 aliphatic heterocycles. The number of halogens is 2. The highest BCUT2D eigenvalue weighted by molar-refractivity contribution is 6.36. The maximum atomic E-state index is 12.0. The predicted molar refractivity (Wildman–Crippen MR) is 75.2 cm³/mol. The van der Waals surface area contributed by atoms with Gasteiger partial charge in [-0.2, -0.15) is 0 Å². The Kier molecular flexibility index (Phi) is 6.27. The van der Waals surface area contributed by atoms with E-state index in [1.165, 1.54) is 32.4 Å². The van der Waals surface area contributed by atoms with E-state index in [9.17, 15) is 9.59 Å². The van der Waals surface area contributed by atoms with E-state index < -0.39 is 17.9 Å². The van der Waals surface area contributed by atoms with Crippen molar-refractivity contribution in [2.45, 2.75) is 6.04 Å². The molecule has 1 aromatic rings. The Morgan fingerprint density at radius 1 is 1.35 bits per heavy atom. The van der Waals surface area contributed by atoms with Crippen molar-refractivity contribution in [3.8, 4) is 0 Å². The minimum atomic E-state index is -1.08. The van der Waals surface area contributed by atoms with E-state index >= 15 is 0 Å². The molecule has 0 spiro atoms. The topological polar surface area (TPSA) is 77.0 Å². The maximum absolute atomic E-state index is 12.0. The van der Waals surface area contributed by atoms with Crippen molar-refractivity contribution in [2.24, 2.45) is 5.16 Å². The number of hydrogen-bond acceptors (Lipinski definition) is 5. The van der Waals surface area contributed by atoms with Crippen molar-refractivity contribution in [3.05, 3.63) is 33.8 Å². The van der Waals surface area contributed by atoms with E-state index in [0.717, 1.165) is 6.21 Å². The summed E-state index contributed by atoms with van der Waals surface area (Å²) in [6, 6.07) is 3.30. The summed E-state index contributed by atoms with van der Waals surface area (Å²) in [4.78, 5) is 28.0. The van der Waals surface area contributed by atoms with Gasteiger partial charge in [0.05, 0.1) is 23.9 Å². The van der Waals surface area contributed by atoms with Crippen LogP contribution in [-0.4, -0.2) is 38.4 Å². The molecule has 0 aliphatic carbocycles. The van der Waals surface area contributed by atoms with Crippen molar-refractivity contribution >= 4 is 41.3 Å². The highest BCUT2D eigenvalue weighted by atomic mass is 35.5. The Morgan fingerprint density at radius 3 is 2.60 bits per heavy atom. The Hall–Kier alpha value is -1.79. The van der Waals surface area contributed by atoms with Crippen molar-refractivity contribution in [2.75, 3.05) is 14.2 Å². The number of benzene rings is 1. The van der Waals surface area contributed by atoms with Gasteiger partial charge in [0.1, 0.15) is 7.11 Å². The zero-order chi connectivity index (χ0) is 15.1. The summed E-state index contributed by atoms with van der Waals surface area (Å²) >= 11 is 11.6. The molecule has 0 aromatic heterocycles. The van der Waals surface area contributed by atoms with Crippen LogP contribution in [0.1, 0.15) is 10.4 Å². The summed E-state index contributed by atoms with van der Waals surface area (Å²) in [5, 5.41) is 6.41. The van der Waals surface area contributed by atoms with E-state index in [-0.39, 0.29) is 10.6 Å². The third kappa shape index (κ3) is 4.40. The molecule has 0 saturated carbocycles. The van der Waals surface area contributed by atoms with Gasteiger partial charge in [-0.05, 0) is 18.2 Å². The molecule has 8 heteroatoms. The third-order valence-corrected chi connectivity index (χ3v) is 2.78. The number of oxime groups is 1. The van der Waals surface area contributed by atoms with Crippen LogP contribution in [0.4, 0.5) is 0 Å². The Labute approximate surface area is 125 Å². The van der Waals surface area contributed by atoms with Gasteiger partial charge in [0.25, 0.3) is 5.91 Å². The molecule has 0 bridgehead atoms. The van der Waals surface area contributed by atoms with Crippen LogP contribution in [0.15, 0.2) is 23.4 Å². The van der Waals surface area contributed by atoms with Gasteiger partial charge >= 0.3 is 5.97 Å². The Bertz CT molecular complexity index is 534. The first-order valence-electron chi connectivity index (χ1n) is 5.40. The van der Waals surface area contributed by atoms with Gasteiger partial charge < -0.3 is 14.9 Å². The average Bonchev–Trinajstić information content (AvgIpc) is 2.42.